The van der Waals surface area contributed by atoms with Crippen LogP contribution in [0.25, 0.3) is 10.2 Å². The van der Waals surface area contributed by atoms with E-state index >= 15 is 0 Å². The number of methoxy groups -OCH3 is 1. The van der Waals surface area contributed by atoms with E-state index in [-0.39, 0.29) is 10.8 Å². The van der Waals surface area contributed by atoms with Crippen LogP contribution in [-0.2, 0) is 14.6 Å². The van der Waals surface area contributed by atoms with E-state index in [1.54, 1.807) is 24.1 Å². The van der Waals surface area contributed by atoms with Crippen LogP contribution < -0.4 is 9.64 Å². The summed E-state index contributed by atoms with van der Waals surface area (Å²) < 4.78 is 35.2. The number of nitrogens with zero attached hydrogens (tertiary/aromatic N) is 3. The Morgan fingerprint density at radius 1 is 1.18 bits per heavy atom. The minimum Gasteiger partial charge on any atom is -0.497 e. The van der Waals surface area contributed by atoms with Gasteiger partial charge in [0.2, 0.25) is 0 Å². The molecule has 176 valence electrons. The van der Waals surface area contributed by atoms with Crippen molar-refractivity contribution in [3.63, 3.8) is 0 Å². The average molecular weight is 490 g/mol. The number of thiazole rings is 1. The molecule has 0 radical (unpaired) electrons. The van der Waals surface area contributed by atoms with Crippen molar-refractivity contribution in [3.05, 3.63) is 48.0 Å². The zero-order valence-corrected chi connectivity index (χ0v) is 20.3. The molecule has 10 heteroatoms. The van der Waals surface area contributed by atoms with Crippen LogP contribution in [0, 0.1) is 0 Å². The van der Waals surface area contributed by atoms with Gasteiger partial charge in [-0.15, -0.1) is 0 Å². The number of carbonyl (C=O) groups excluding carboxylic acids is 1. The highest BCUT2D eigenvalue weighted by molar-refractivity contribution is 7.90. The Labute approximate surface area is 197 Å². The van der Waals surface area contributed by atoms with E-state index in [0.717, 1.165) is 55.7 Å². The van der Waals surface area contributed by atoms with Gasteiger partial charge in [-0.1, -0.05) is 11.3 Å². The average Bonchev–Trinajstić information content (AvgIpc) is 3.24. The molecule has 0 atom stereocenters. The fraction of sp³-hybridized carbons (Fsp3) is 0.391. The number of benzene rings is 2. The lowest BCUT2D eigenvalue weighted by molar-refractivity contribution is 0.0376. The van der Waals surface area contributed by atoms with Crippen molar-refractivity contribution in [2.24, 2.45) is 0 Å². The topological polar surface area (TPSA) is 89.0 Å². The third-order valence-corrected chi connectivity index (χ3v) is 7.74. The molecule has 0 bridgehead atoms. The molecule has 0 aliphatic carbocycles. The molecule has 1 saturated heterocycles. The van der Waals surface area contributed by atoms with E-state index in [2.05, 4.69) is 4.90 Å². The predicted octanol–water partition coefficient (Wildman–Crippen LogP) is 3.08. The van der Waals surface area contributed by atoms with E-state index in [9.17, 15) is 13.2 Å². The number of hydrogen-bond acceptors (Lipinski definition) is 8. The van der Waals surface area contributed by atoms with Crippen molar-refractivity contribution in [1.29, 1.82) is 0 Å². The first-order valence-corrected chi connectivity index (χ1v) is 13.4. The molecule has 3 aromatic rings. The largest absolute Gasteiger partial charge is 0.497 e. The van der Waals surface area contributed by atoms with Crippen molar-refractivity contribution in [2.45, 2.75) is 11.3 Å². The third kappa shape index (κ3) is 5.70. The third-order valence-electron chi connectivity index (χ3n) is 5.55. The highest BCUT2D eigenvalue weighted by Gasteiger charge is 2.22. The van der Waals surface area contributed by atoms with E-state index in [1.165, 1.54) is 23.5 Å². The maximum absolute atomic E-state index is 13.5. The first-order chi connectivity index (χ1) is 15.8. The van der Waals surface area contributed by atoms with Crippen LogP contribution >= 0.6 is 11.3 Å². The quantitative estimate of drug-likeness (QED) is 0.480. The zero-order chi connectivity index (χ0) is 23.4. The first kappa shape index (κ1) is 23.6. The summed E-state index contributed by atoms with van der Waals surface area (Å²) in [5, 5.41) is 0.609. The highest BCUT2D eigenvalue weighted by Crippen LogP contribution is 2.32. The second-order valence-electron chi connectivity index (χ2n) is 7.89. The van der Waals surface area contributed by atoms with Crippen LogP contribution in [0.5, 0.6) is 5.75 Å². The van der Waals surface area contributed by atoms with Gasteiger partial charge in [-0.2, -0.15) is 0 Å². The Balaban J connectivity index is 1.59. The molecule has 1 aliphatic heterocycles. The van der Waals surface area contributed by atoms with Gasteiger partial charge in [0.15, 0.2) is 15.0 Å². The molecule has 0 unspecified atom stereocenters. The summed E-state index contributed by atoms with van der Waals surface area (Å²) in [7, 11) is -1.72. The maximum Gasteiger partial charge on any atom is 0.260 e. The lowest BCUT2D eigenvalue weighted by Crippen LogP contribution is -2.39. The number of aromatic nitrogens is 1. The second kappa shape index (κ2) is 10.2. The van der Waals surface area contributed by atoms with Crippen LogP contribution in [0.3, 0.4) is 0 Å². The minimum absolute atomic E-state index is 0.185. The molecular weight excluding hydrogens is 462 g/mol. The van der Waals surface area contributed by atoms with Gasteiger partial charge in [-0.25, -0.2) is 13.4 Å². The molecule has 1 aliphatic rings. The fourth-order valence-electron chi connectivity index (χ4n) is 3.70. The molecule has 0 spiro atoms. The molecule has 1 amide bonds. The summed E-state index contributed by atoms with van der Waals surface area (Å²) in [5.41, 5.74) is 1.19. The number of morpholine rings is 1. The molecule has 0 N–H and O–H groups in total. The smallest absolute Gasteiger partial charge is 0.260 e. The van der Waals surface area contributed by atoms with E-state index in [1.807, 2.05) is 18.2 Å². The summed E-state index contributed by atoms with van der Waals surface area (Å²) in [6.07, 6.45) is 1.93. The lowest BCUT2D eigenvalue weighted by Gasteiger charge is -2.27. The van der Waals surface area contributed by atoms with Gasteiger partial charge in [-0.3, -0.25) is 14.6 Å². The Morgan fingerprint density at radius 2 is 1.91 bits per heavy atom. The van der Waals surface area contributed by atoms with E-state index in [4.69, 9.17) is 14.5 Å². The molecular formula is C23H27N3O5S2. The van der Waals surface area contributed by atoms with Crippen molar-refractivity contribution < 1.29 is 22.7 Å². The van der Waals surface area contributed by atoms with E-state index in [0.29, 0.717) is 23.0 Å². The lowest BCUT2D eigenvalue weighted by atomic mass is 10.2. The zero-order valence-electron chi connectivity index (χ0n) is 18.7. The van der Waals surface area contributed by atoms with Gasteiger partial charge < -0.3 is 9.47 Å². The first-order valence-electron chi connectivity index (χ1n) is 10.7. The van der Waals surface area contributed by atoms with Crippen LogP contribution in [0.2, 0.25) is 0 Å². The number of anilines is 1. The van der Waals surface area contributed by atoms with Crippen molar-refractivity contribution in [1.82, 2.24) is 9.88 Å². The van der Waals surface area contributed by atoms with Gasteiger partial charge in [0, 0.05) is 44.1 Å². The molecule has 4 rings (SSSR count). The number of amides is 1. The fourth-order valence-corrected chi connectivity index (χ4v) is 5.30. The minimum atomic E-state index is -3.33. The molecule has 2 heterocycles. The number of ether oxygens (including phenoxy) is 2. The number of rotatable bonds is 8. The Morgan fingerprint density at radius 3 is 2.58 bits per heavy atom. The summed E-state index contributed by atoms with van der Waals surface area (Å²) in [4.78, 5) is 22.4. The summed E-state index contributed by atoms with van der Waals surface area (Å²) in [5.74, 6) is 0.504. The Kier molecular flexibility index (Phi) is 7.28. The number of fused-ring (bicyclic) bond motifs is 1. The highest BCUT2D eigenvalue weighted by atomic mass is 32.2. The van der Waals surface area contributed by atoms with Crippen LogP contribution in [0.1, 0.15) is 16.8 Å². The van der Waals surface area contributed by atoms with Crippen molar-refractivity contribution >= 4 is 42.4 Å². The summed E-state index contributed by atoms with van der Waals surface area (Å²) in [6, 6.07) is 11.7. The van der Waals surface area contributed by atoms with Gasteiger partial charge in [0.05, 0.1) is 35.4 Å². The molecule has 0 saturated carbocycles. The van der Waals surface area contributed by atoms with Gasteiger partial charge >= 0.3 is 0 Å². The van der Waals surface area contributed by atoms with Crippen molar-refractivity contribution in [2.75, 3.05) is 57.7 Å². The number of carbonyl (C=O) groups is 1. The predicted molar refractivity (Wildman–Crippen MR) is 129 cm³/mol. The van der Waals surface area contributed by atoms with Crippen molar-refractivity contribution in [3.8, 4) is 5.75 Å². The second-order valence-corrected chi connectivity index (χ2v) is 10.9. The molecule has 8 nitrogen and oxygen atoms in total. The SMILES string of the molecule is COc1ccc2sc(N(CCCN3CCOCC3)C(=O)c3ccc(S(C)(=O)=O)cc3)nc2c1. The molecule has 2 aromatic carbocycles. The summed E-state index contributed by atoms with van der Waals surface area (Å²) in [6.45, 7) is 4.60. The summed E-state index contributed by atoms with van der Waals surface area (Å²) >= 11 is 1.45. The van der Waals surface area contributed by atoms with Gasteiger partial charge in [-0.05, 0) is 42.8 Å². The van der Waals surface area contributed by atoms with Crippen LogP contribution in [0.15, 0.2) is 47.4 Å². The number of sulfone groups is 1. The molecule has 1 aromatic heterocycles. The maximum atomic E-state index is 13.5. The molecule has 33 heavy (non-hydrogen) atoms. The van der Waals surface area contributed by atoms with E-state index < -0.39 is 9.84 Å². The van der Waals surface area contributed by atoms with Gasteiger partial charge in [0.25, 0.3) is 5.91 Å². The molecule has 1 fully saturated rings. The van der Waals surface area contributed by atoms with Crippen LogP contribution in [0.4, 0.5) is 5.13 Å². The Bertz CT molecular complexity index is 1220. The van der Waals surface area contributed by atoms with Crippen LogP contribution in [-0.4, -0.2) is 77.0 Å². The number of hydrogen-bond donors (Lipinski definition) is 0. The standard InChI is InChI=1S/C23H27N3O5S2/c1-30-18-6-9-21-20(16-18)24-23(32-21)26(11-3-10-25-12-14-31-15-13-25)22(27)17-4-7-19(8-5-17)33(2,28)29/h4-9,16H,3,10-15H2,1-2H3. The monoisotopic (exact) mass is 489 g/mol. The Hall–Kier alpha value is -2.53. The normalized spacial score (nSPS) is 15.0. The van der Waals surface area contributed by atoms with Gasteiger partial charge in [0.1, 0.15) is 5.75 Å².